The Labute approximate surface area is 93.6 Å². The maximum atomic E-state index is 11.9. The Morgan fingerprint density at radius 2 is 2.06 bits per heavy atom. The molecule has 0 aromatic carbocycles. The first kappa shape index (κ1) is 11.4. The molecule has 0 aromatic heterocycles. The topological polar surface area (TPSA) is 46.6 Å². The Balaban J connectivity index is 2.13. The van der Waals surface area contributed by atoms with Crippen molar-refractivity contribution in [2.75, 3.05) is 0 Å². The van der Waals surface area contributed by atoms with Crippen LogP contribution in [0.1, 0.15) is 0 Å². The monoisotopic (exact) mass is 245 g/mol. The van der Waals surface area contributed by atoms with Crippen molar-refractivity contribution in [2.24, 2.45) is 5.92 Å². The molecule has 2 aliphatic rings. The van der Waals surface area contributed by atoms with E-state index in [-0.39, 0.29) is 0 Å². The van der Waals surface area contributed by atoms with Gasteiger partial charge in [-0.1, -0.05) is 24.3 Å². The molecule has 1 amide bonds. The molecule has 0 radical (unpaired) electrons. The number of rotatable bonds is 1. The molecule has 1 atom stereocenters. The summed E-state index contributed by atoms with van der Waals surface area (Å²) >= 11 is 0. The highest BCUT2D eigenvalue weighted by atomic mass is 19.4. The lowest BCUT2D eigenvalue weighted by molar-refractivity contribution is -0.228. The fourth-order valence-electron chi connectivity index (χ4n) is 1.45. The number of hydroxylamine groups is 2. The third-order valence-electron chi connectivity index (χ3n) is 2.22. The third-order valence-corrected chi connectivity index (χ3v) is 2.22. The molecule has 2 rings (SSSR count). The summed E-state index contributed by atoms with van der Waals surface area (Å²) in [6.07, 6.45) is 2.23. The summed E-state index contributed by atoms with van der Waals surface area (Å²) in [6.45, 7) is 0. The summed E-state index contributed by atoms with van der Waals surface area (Å²) in [6, 6.07) is 0. The number of carbonyl (C=O) groups excluding carboxylic acids is 2. The molecule has 0 fully saturated rings. The van der Waals surface area contributed by atoms with E-state index in [0.29, 0.717) is 10.6 Å². The molecule has 0 spiro atoms. The maximum Gasteiger partial charge on any atom is 0.493 e. The molecule has 7 heteroatoms. The first-order valence-electron chi connectivity index (χ1n) is 4.58. The maximum absolute atomic E-state index is 11.9. The normalized spacial score (nSPS) is 22.5. The minimum atomic E-state index is -5.13. The lowest BCUT2D eigenvalue weighted by atomic mass is 9.97. The average molecular weight is 245 g/mol. The summed E-state index contributed by atoms with van der Waals surface area (Å²) in [5, 5.41) is 0.315. The van der Waals surface area contributed by atoms with Gasteiger partial charge in [0.2, 0.25) is 0 Å². The molecule has 0 N–H and O–H groups in total. The second-order valence-electron chi connectivity index (χ2n) is 3.39. The van der Waals surface area contributed by atoms with Gasteiger partial charge in [-0.05, 0) is 5.57 Å². The van der Waals surface area contributed by atoms with Gasteiger partial charge in [0.15, 0.2) is 0 Å². The first-order valence-corrected chi connectivity index (χ1v) is 4.58. The predicted molar refractivity (Wildman–Crippen MR) is 48.8 cm³/mol. The largest absolute Gasteiger partial charge is 0.493 e. The van der Waals surface area contributed by atoms with E-state index in [0.717, 1.165) is 6.20 Å². The van der Waals surface area contributed by atoms with E-state index in [4.69, 9.17) is 0 Å². The first-order chi connectivity index (χ1) is 7.89. The van der Waals surface area contributed by atoms with E-state index in [9.17, 15) is 22.8 Å². The molecule has 90 valence electrons. The van der Waals surface area contributed by atoms with E-state index < -0.39 is 24.0 Å². The van der Waals surface area contributed by atoms with Crippen molar-refractivity contribution in [3.63, 3.8) is 0 Å². The van der Waals surface area contributed by atoms with Crippen LogP contribution in [0.15, 0.2) is 36.1 Å². The molecule has 0 bridgehead atoms. The van der Waals surface area contributed by atoms with E-state index in [1.807, 2.05) is 0 Å². The van der Waals surface area contributed by atoms with Crippen molar-refractivity contribution in [2.45, 2.75) is 6.18 Å². The number of halogens is 3. The number of nitrogens with zero attached hydrogens (tertiary/aromatic N) is 1. The molecule has 1 heterocycles. The van der Waals surface area contributed by atoms with Crippen molar-refractivity contribution in [3.05, 3.63) is 36.1 Å². The summed E-state index contributed by atoms with van der Waals surface area (Å²) in [7, 11) is 0. The van der Waals surface area contributed by atoms with Crippen LogP contribution >= 0.6 is 0 Å². The van der Waals surface area contributed by atoms with Gasteiger partial charge >= 0.3 is 12.1 Å². The number of alkyl halides is 3. The molecule has 0 saturated heterocycles. The lowest BCUT2D eigenvalue weighted by Gasteiger charge is -2.15. The standard InChI is InChI=1S/C10H6F3NO3/c11-10(12,13)9(16)17-14-5-6-3-1-2-4-7(6)8(14)15/h1-5,7H. The Bertz CT molecular complexity index is 462. The molecular weight excluding hydrogens is 239 g/mol. The van der Waals surface area contributed by atoms with Crippen molar-refractivity contribution in [1.29, 1.82) is 0 Å². The number of fused-ring (bicyclic) bond motifs is 1. The quantitative estimate of drug-likeness (QED) is 0.702. The zero-order valence-electron chi connectivity index (χ0n) is 8.27. The van der Waals surface area contributed by atoms with Gasteiger partial charge in [0.25, 0.3) is 5.91 Å². The minimum Gasteiger partial charge on any atom is -0.325 e. The number of allylic oxidation sites excluding steroid dienone is 3. The summed E-state index contributed by atoms with van der Waals surface area (Å²) in [5.41, 5.74) is 0.479. The predicted octanol–water partition coefficient (Wildman–Crippen LogP) is 1.48. The van der Waals surface area contributed by atoms with Gasteiger partial charge in [-0.3, -0.25) is 4.79 Å². The minimum absolute atomic E-state index is 0.315. The van der Waals surface area contributed by atoms with Gasteiger partial charge in [0, 0.05) is 0 Å². The summed E-state index contributed by atoms with van der Waals surface area (Å²) < 4.78 is 35.8. The van der Waals surface area contributed by atoms with Crippen LogP contribution in [-0.2, 0) is 14.4 Å². The Morgan fingerprint density at radius 3 is 2.65 bits per heavy atom. The van der Waals surface area contributed by atoms with Gasteiger partial charge in [-0.2, -0.15) is 13.2 Å². The molecule has 17 heavy (non-hydrogen) atoms. The van der Waals surface area contributed by atoms with Crippen LogP contribution in [0.25, 0.3) is 0 Å². The third kappa shape index (κ3) is 2.08. The highest BCUT2D eigenvalue weighted by Crippen LogP contribution is 2.29. The van der Waals surface area contributed by atoms with Gasteiger partial charge in [-0.25, -0.2) is 4.79 Å². The molecule has 1 aliphatic heterocycles. The Morgan fingerprint density at radius 1 is 1.35 bits per heavy atom. The van der Waals surface area contributed by atoms with Crippen LogP contribution in [0.3, 0.4) is 0 Å². The Kier molecular flexibility index (Phi) is 2.53. The number of hydrogen-bond acceptors (Lipinski definition) is 3. The van der Waals surface area contributed by atoms with E-state index in [1.54, 1.807) is 18.2 Å². The summed E-state index contributed by atoms with van der Waals surface area (Å²) in [4.78, 5) is 26.1. The fraction of sp³-hybridized carbons (Fsp3) is 0.200. The zero-order valence-corrected chi connectivity index (χ0v) is 8.27. The van der Waals surface area contributed by atoms with Crippen LogP contribution in [0.5, 0.6) is 0 Å². The van der Waals surface area contributed by atoms with E-state index in [1.165, 1.54) is 6.08 Å². The van der Waals surface area contributed by atoms with Crippen molar-refractivity contribution >= 4 is 11.9 Å². The van der Waals surface area contributed by atoms with Crippen LogP contribution in [0, 0.1) is 5.92 Å². The number of hydrogen-bond donors (Lipinski definition) is 0. The molecular formula is C10H6F3NO3. The Hall–Kier alpha value is -2.05. The van der Waals surface area contributed by atoms with Crippen LogP contribution in [0.4, 0.5) is 13.2 Å². The van der Waals surface area contributed by atoms with E-state index in [2.05, 4.69) is 4.84 Å². The lowest BCUT2D eigenvalue weighted by Crippen LogP contribution is -2.35. The van der Waals surface area contributed by atoms with Crippen LogP contribution in [0.2, 0.25) is 0 Å². The van der Waals surface area contributed by atoms with Crippen molar-refractivity contribution < 1.29 is 27.6 Å². The van der Waals surface area contributed by atoms with Gasteiger partial charge < -0.3 is 4.84 Å². The highest BCUT2D eigenvalue weighted by molar-refractivity contribution is 5.89. The molecule has 0 aromatic rings. The second kappa shape index (κ2) is 3.76. The van der Waals surface area contributed by atoms with Crippen molar-refractivity contribution in [1.82, 2.24) is 5.06 Å². The van der Waals surface area contributed by atoms with Crippen molar-refractivity contribution in [3.8, 4) is 0 Å². The smallest absolute Gasteiger partial charge is 0.325 e. The molecule has 0 saturated carbocycles. The highest BCUT2D eigenvalue weighted by Gasteiger charge is 2.45. The van der Waals surface area contributed by atoms with Gasteiger partial charge in [-0.15, -0.1) is 5.06 Å². The number of amides is 1. The van der Waals surface area contributed by atoms with E-state index >= 15 is 0 Å². The molecule has 4 nitrogen and oxygen atoms in total. The van der Waals surface area contributed by atoms with Gasteiger partial charge in [0.1, 0.15) is 0 Å². The molecule has 1 unspecified atom stereocenters. The molecule has 1 aliphatic carbocycles. The summed E-state index contributed by atoms with van der Waals surface area (Å²) in [5.74, 6) is -3.83. The zero-order chi connectivity index (χ0) is 12.6. The van der Waals surface area contributed by atoms with Crippen LogP contribution < -0.4 is 0 Å². The van der Waals surface area contributed by atoms with Gasteiger partial charge in [0.05, 0.1) is 12.1 Å². The number of carbonyl (C=O) groups is 2. The fourth-order valence-corrected chi connectivity index (χ4v) is 1.45. The average Bonchev–Trinajstić information content (AvgIpc) is 2.55. The van der Waals surface area contributed by atoms with Crippen LogP contribution in [-0.4, -0.2) is 23.1 Å². The SMILES string of the molecule is O=C1C2C=CC=CC2=CN1OC(=O)C(F)(F)F. The second-order valence-corrected chi connectivity index (χ2v) is 3.39.